The average molecular weight is 231 g/mol. The van der Waals surface area contributed by atoms with Crippen LogP contribution in [0.1, 0.15) is 12.5 Å². The molecule has 0 aromatic heterocycles. The predicted molar refractivity (Wildman–Crippen MR) is 63.5 cm³/mol. The molecule has 0 aliphatic heterocycles. The maximum atomic E-state index is 13.3. The Hall–Kier alpha value is -0.470. The van der Waals surface area contributed by atoms with Crippen LogP contribution >= 0.6 is 24.2 Å². The lowest BCUT2D eigenvalue weighted by Crippen LogP contribution is -1.90. The largest absolute Gasteiger partial charge is 0.206 e. The van der Waals surface area contributed by atoms with E-state index in [2.05, 4.69) is 12.6 Å². The molecule has 1 rings (SSSR count). The Morgan fingerprint density at radius 2 is 2.29 bits per heavy atom. The van der Waals surface area contributed by atoms with Gasteiger partial charge in [0.15, 0.2) is 0 Å². The number of hydrogen-bond donors (Lipinski definition) is 1. The minimum absolute atomic E-state index is 0.292. The van der Waals surface area contributed by atoms with E-state index >= 15 is 0 Å². The molecule has 3 heteroatoms. The molecular formula is C11H12ClFS. The first-order valence-electron chi connectivity index (χ1n) is 4.38. The molecule has 1 atom stereocenters. The monoisotopic (exact) mass is 230 g/mol. The van der Waals surface area contributed by atoms with E-state index in [0.29, 0.717) is 16.5 Å². The highest BCUT2D eigenvalue weighted by molar-refractivity contribution is 7.80. The van der Waals surface area contributed by atoms with E-state index in [1.54, 1.807) is 18.2 Å². The first-order chi connectivity index (χ1) is 6.65. The Labute approximate surface area is 94.2 Å². The minimum Gasteiger partial charge on any atom is -0.206 e. The Morgan fingerprint density at radius 1 is 1.57 bits per heavy atom. The third kappa shape index (κ3) is 3.03. The van der Waals surface area contributed by atoms with Crippen LogP contribution in [-0.4, -0.2) is 5.75 Å². The highest BCUT2D eigenvalue weighted by Crippen LogP contribution is 2.21. The Bertz CT molecular complexity index is 316. The maximum Gasteiger partial charge on any atom is 0.131 e. The zero-order valence-electron chi connectivity index (χ0n) is 7.87. The molecule has 0 nitrogen and oxygen atoms in total. The van der Waals surface area contributed by atoms with Gasteiger partial charge in [0, 0.05) is 5.56 Å². The minimum atomic E-state index is -0.292. The van der Waals surface area contributed by atoms with E-state index in [1.807, 2.05) is 13.0 Å². The van der Waals surface area contributed by atoms with Crippen molar-refractivity contribution in [1.82, 2.24) is 0 Å². The van der Waals surface area contributed by atoms with E-state index in [0.717, 1.165) is 5.75 Å². The lowest BCUT2D eigenvalue weighted by molar-refractivity contribution is 0.625. The number of benzene rings is 1. The quantitative estimate of drug-likeness (QED) is 0.744. The number of rotatable bonds is 3. The molecule has 0 bridgehead atoms. The van der Waals surface area contributed by atoms with E-state index in [-0.39, 0.29) is 5.82 Å². The van der Waals surface area contributed by atoms with Crippen molar-refractivity contribution >= 4 is 30.3 Å². The SMILES string of the molecule is CC(/C=C/c1c(F)cccc1Cl)CS. The normalized spacial score (nSPS) is 13.4. The van der Waals surface area contributed by atoms with Crippen LogP contribution < -0.4 is 0 Å². The first kappa shape index (κ1) is 11.6. The van der Waals surface area contributed by atoms with Crippen molar-refractivity contribution in [2.45, 2.75) is 6.92 Å². The molecule has 1 unspecified atom stereocenters. The standard InChI is InChI=1S/C11H12ClFS/c1-8(7-14)5-6-9-10(12)3-2-4-11(9)13/h2-6,8,14H,7H2,1H3/b6-5+. The highest BCUT2D eigenvalue weighted by Gasteiger charge is 2.02. The van der Waals surface area contributed by atoms with E-state index in [4.69, 9.17) is 11.6 Å². The first-order valence-corrected chi connectivity index (χ1v) is 5.39. The van der Waals surface area contributed by atoms with Gasteiger partial charge in [-0.25, -0.2) is 4.39 Å². The summed E-state index contributed by atoms with van der Waals surface area (Å²) < 4.78 is 13.3. The van der Waals surface area contributed by atoms with Gasteiger partial charge in [-0.15, -0.1) is 0 Å². The topological polar surface area (TPSA) is 0 Å². The Kier molecular flexibility index (Phi) is 4.49. The van der Waals surface area contributed by atoms with Crippen molar-refractivity contribution in [2.75, 3.05) is 5.75 Å². The average Bonchev–Trinajstić information content (AvgIpc) is 2.16. The summed E-state index contributed by atoms with van der Waals surface area (Å²) in [4.78, 5) is 0. The molecule has 0 saturated heterocycles. The molecule has 0 aliphatic carbocycles. The molecule has 0 fully saturated rings. The van der Waals surface area contributed by atoms with Crippen molar-refractivity contribution in [3.05, 3.63) is 40.7 Å². The predicted octanol–water partition coefficient (Wildman–Crippen LogP) is 4.06. The van der Waals surface area contributed by atoms with E-state index in [1.165, 1.54) is 6.07 Å². The lowest BCUT2D eigenvalue weighted by Gasteiger charge is -2.02. The second kappa shape index (κ2) is 5.42. The van der Waals surface area contributed by atoms with Crippen molar-refractivity contribution in [1.29, 1.82) is 0 Å². The fraction of sp³-hybridized carbons (Fsp3) is 0.273. The second-order valence-corrected chi connectivity index (χ2v) is 3.93. The maximum absolute atomic E-state index is 13.3. The fourth-order valence-corrected chi connectivity index (χ4v) is 1.34. The van der Waals surface area contributed by atoms with Crippen LogP contribution in [0.3, 0.4) is 0 Å². The van der Waals surface area contributed by atoms with Crippen LogP contribution in [0.4, 0.5) is 4.39 Å². The summed E-state index contributed by atoms with van der Waals surface area (Å²) >= 11 is 9.98. The summed E-state index contributed by atoms with van der Waals surface area (Å²) in [5, 5.41) is 0.438. The molecule has 14 heavy (non-hydrogen) atoms. The fourth-order valence-electron chi connectivity index (χ4n) is 0.991. The van der Waals surface area contributed by atoms with E-state index < -0.39 is 0 Å². The van der Waals surface area contributed by atoms with Crippen molar-refractivity contribution in [3.63, 3.8) is 0 Å². The van der Waals surface area contributed by atoms with Gasteiger partial charge in [-0.05, 0) is 23.8 Å². The van der Waals surface area contributed by atoms with Crippen molar-refractivity contribution in [3.8, 4) is 0 Å². The summed E-state index contributed by atoms with van der Waals surface area (Å²) in [5.74, 6) is 0.761. The van der Waals surface area contributed by atoms with Gasteiger partial charge in [0.25, 0.3) is 0 Å². The Morgan fingerprint density at radius 3 is 2.86 bits per heavy atom. The number of thiol groups is 1. The molecule has 1 aromatic carbocycles. The zero-order chi connectivity index (χ0) is 10.6. The molecule has 76 valence electrons. The van der Waals surface area contributed by atoms with Gasteiger partial charge in [0.2, 0.25) is 0 Å². The molecular weight excluding hydrogens is 219 g/mol. The van der Waals surface area contributed by atoms with Gasteiger partial charge in [-0.1, -0.05) is 36.7 Å². The molecule has 0 heterocycles. The molecule has 0 N–H and O–H groups in total. The molecule has 0 spiro atoms. The van der Waals surface area contributed by atoms with Gasteiger partial charge in [0.05, 0.1) is 5.02 Å². The summed E-state index contributed by atoms with van der Waals surface area (Å²) in [6.45, 7) is 2.01. The van der Waals surface area contributed by atoms with Crippen LogP contribution in [0.15, 0.2) is 24.3 Å². The number of halogens is 2. The lowest BCUT2D eigenvalue weighted by atomic mass is 10.1. The molecule has 0 radical (unpaired) electrons. The van der Waals surface area contributed by atoms with Crippen LogP contribution in [0.2, 0.25) is 5.02 Å². The molecule has 1 aromatic rings. The van der Waals surface area contributed by atoms with Crippen LogP contribution in [0.25, 0.3) is 6.08 Å². The van der Waals surface area contributed by atoms with Gasteiger partial charge in [-0.2, -0.15) is 12.6 Å². The Balaban J connectivity index is 2.91. The summed E-state index contributed by atoms with van der Waals surface area (Å²) in [7, 11) is 0. The zero-order valence-corrected chi connectivity index (χ0v) is 9.52. The van der Waals surface area contributed by atoms with Gasteiger partial charge < -0.3 is 0 Å². The third-order valence-corrected chi connectivity index (χ3v) is 2.78. The molecule has 0 aliphatic rings. The van der Waals surface area contributed by atoms with Crippen LogP contribution in [0.5, 0.6) is 0 Å². The van der Waals surface area contributed by atoms with Gasteiger partial charge in [0.1, 0.15) is 5.82 Å². The third-order valence-electron chi connectivity index (χ3n) is 1.88. The molecule has 0 amide bonds. The van der Waals surface area contributed by atoms with Crippen LogP contribution in [-0.2, 0) is 0 Å². The summed E-state index contributed by atoms with van der Waals surface area (Å²) in [6.07, 6.45) is 3.61. The van der Waals surface area contributed by atoms with Crippen molar-refractivity contribution in [2.24, 2.45) is 5.92 Å². The van der Waals surface area contributed by atoms with E-state index in [9.17, 15) is 4.39 Å². The molecule has 0 saturated carbocycles. The van der Waals surface area contributed by atoms with Gasteiger partial charge in [-0.3, -0.25) is 0 Å². The second-order valence-electron chi connectivity index (χ2n) is 3.15. The number of hydrogen-bond acceptors (Lipinski definition) is 1. The highest BCUT2D eigenvalue weighted by atomic mass is 35.5. The van der Waals surface area contributed by atoms with Gasteiger partial charge >= 0.3 is 0 Å². The number of allylic oxidation sites excluding steroid dienone is 1. The summed E-state index contributed by atoms with van der Waals surface area (Å²) in [6, 6.07) is 4.67. The van der Waals surface area contributed by atoms with Crippen molar-refractivity contribution < 1.29 is 4.39 Å². The smallest absolute Gasteiger partial charge is 0.131 e. The summed E-state index contributed by atoms with van der Waals surface area (Å²) in [5.41, 5.74) is 0.447. The van der Waals surface area contributed by atoms with Crippen LogP contribution in [0, 0.1) is 11.7 Å².